The Morgan fingerprint density at radius 3 is 2.43 bits per heavy atom. The molecular weight excluding hydrogens is 292 g/mol. The van der Waals surface area contributed by atoms with Crippen molar-refractivity contribution in [2.75, 3.05) is 14.2 Å². The largest absolute Gasteiger partial charge is 0.495 e. The van der Waals surface area contributed by atoms with Crippen molar-refractivity contribution in [1.29, 1.82) is 5.26 Å². The van der Waals surface area contributed by atoms with Crippen LogP contribution in [-0.2, 0) is 0 Å². The normalized spacial score (nSPS) is 10.5. The van der Waals surface area contributed by atoms with Crippen LogP contribution in [0, 0.1) is 11.3 Å². The van der Waals surface area contributed by atoms with Gasteiger partial charge < -0.3 is 9.47 Å². The smallest absolute Gasteiger partial charge is 0.186 e. The van der Waals surface area contributed by atoms with Gasteiger partial charge in [-0.15, -0.1) is 5.10 Å². The zero-order valence-corrected chi connectivity index (χ0v) is 13.0. The average Bonchev–Trinajstić information content (AvgIpc) is 2.90. The lowest BCUT2D eigenvalue weighted by Crippen LogP contribution is -2.07. The van der Waals surface area contributed by atoms with Crippen molar-refractivity contribution in [3.05, 3.63) is 28.5 Å². The number of nitrogens with zero attached hydrogens (tertiary/aromatic N) is 4. The quantitative estimate of drug-likeness (QED) is 0.868. The number of ether oxygens (including phenoxy) is 2. The fraction of sp³-hybridized carbons (Fsp3) is 0.357. The number of methoxy groups -OCH3 is 2. The molecular formula is C14H15ClN4O2. The summed E-state index contributed by atoms with van der Waals surface area (Å²) in [6, 6.07) is 5.41. The van der Waals surface area contributed by atoms with E-state index in [4.69, 9.17) is 26.3 Å². The second-order valence-electron chi connectivity index (χ2n) is 4.66. The molecule has 0 bridgehead atoms. The Morgan fingerprint density at radius 1 is 1.24 bits per heavy atom. The van der Waals surface area contributed by atoms with Crippen molar-refractivity contribution >= 4 is 11.6 Å². The van der Waals surface area contributed by atoms with Gasteiger partial charge in [0.1, 0.15) is 23.3 Å². The predicted molar refractivity (Wildman–Crippen MR) is 78.3 cm³/mol. The van der Waals surface area contributed by atoms with E-state index in [9.17, 15) is 0 Å². The summed E-state index contributed by atoms with van der Waals surface area (Å²) >= 11 is 6.10. The van der Waals surface area contributed by atoms with Gasteiger partial charge >= 0.3 is 0 Å². The van der Waals surface area contributed by atoms with Crippen molar-refractivity contribution in [2.45, 2.75) is 19.8 Å². The molecule has 0 amide bonds. The molecule has 0 aliphatic rings. The summed E-state index contributed by atoms with van der Waals surface area (Å²) in [5.41, 5.74) is 1.62. The molecule has 110 valence electrons. The molecule has 2 rings (SSSR count). The van der Waals surface area contributed by atoms with E-state index in [2.05, 4.69) is 16.4 Å². The van der Waals surface area contributed by atoms with Crippen molar-refractivity contribution in [1.82, 2.24) is 15.0 Å². The zero-order valence-electron chi connectivity index (χ0n) is 12.2. The topological polar surface area (TPSA) is 73.0 Å². The summed E-state index contributed by atoms with van der Waals surface area (Å²) in [5.74, 6) is 1.09. The molecule has 0 saturated heterocycles. The molecule has 7 heteroatoms. The van der Waals surface area contributed by atoms with Crippen LogP contribution in [0.4, 0.5) is 0 Å². The molecule has 0 fully saturated rings. The van der Waals surface area contributed by atoms with Gasteiger partial charge in [-0.2, -0.15) is 5.26 Å². The van der Waals surface area contributed by atoms with Gasteiger partial charge in [-0.3, -0.25) is 0 Å². The third-order valence-electron chi connectivity index (χ3n) is 3.04. The van der Waals surface area contributed by atoms with E-state index in [1.807, 2.05) is 13.8 Å². The van der Waals surface area contributed by atoms with Gasteiger partial charge in [0, 0.05) is 12.1 Å². The van der Waals surface area contributed by atoms with Crippen molar-refractivity contribution in [2.24, 2.45) is 0 Å². The summed E-state index contributed by atoms with van der Waals surface area (Å²) in [4.78, 5) is 0. The number of halogens is 1. The second kappa shape index (κ2) is 6.02. The number of hydrogen-bond donors (Lipinski definition) is 0. The van der Waals surface area contributed by atoms with Crippen LogP contribution in [-0.4, -0.2) is 29.2 Å². The van der Waals surface area contributed by atoms with Crippen LogP contribution in [0.2, 0.25) is 5.02 Å². The molecule has 6 nitrogen and oxygen atoms in total. The van der Waals surface area contributed by atoms with Crippen LogP contribution in [0.25, 0.3) is 5.69 Å². The van der Waals surface area contributed by atoms with E-state index in [1.54, 1.807) is 23.9 Å². The molecule has 0 aliphatic carbocycles. The van der Waals surface area contributed by atoms with Gasteiger partial charge in [-0.1, -0.05) is 30.7 Å². The maximum absolute atomic E-state index is 9.16. The number of benzene rings is 1. The second-order valence-corrected chi connectivity index (χ2v) is 5.07. The van der Waals surface area contributed by atoms with Crippen LogP contribution in [0.15, 0.2) is 12.1 Å². The number of nitriles is 1. The highest BCUT2D eigenvalue weighted by molar-refractivity contribution is 6.32. The number of aromatic nitrogens is 3. The first kappa shape index (κ1) is 15.1. The van der Waals surface area contributed by atoms with Crippen molar-refractivity contribution in [3.63, 3.8) is 0 Å². The van der Waals surface area contributed by atoms with Gasteiger partial charge in [-0.25, -0.2) is 4.68 Å². The highest BCUT2D eigenvalue weighted by Gasteiger charge is 2.21. The van der Waals surface area contributed by atoms with Gasteiger partial charge in [0.05, 0.1) is 24.9 Å². The zero-order chi connectivity index (χ0) is 15.6. The van der Waals surface area contributed by atoms with Gasteiger partial charge in [0.25, 0.3) is 0 Å². The summed E-state index contributed by atoms with van der Waals surface area (Å²) in [6.45, 7) is 3.94. The lowest BCUT2D eigenvalue weighted by molar-refractivity contribution is 0.400. The Hall–Kier alpha value is -2.26. The minimum absolute atomic E-state index is 0.0704. The van der Waals surface area contributed by atoms with E-state index in [1.165, 1.54) is 7.11 Å². The fourth-order valence-corrected chi connectivity index (χ4v) is 2.31. The van der Waals surface area contributed by atoms with Gasteiger partial charge in [0.2, 0.25) is 0 Å². The first-order chi connectivity index (χ1) is 10.0. The molecule has 0 unspecified atom stereocenters. The lowest BCUT2D eigenvalue weighted by Gasteiger charge is -2.14. The summed E-state index contributed by atoms with van der Waals surface area (Å²) in [5, 5.41) is 17.6. The third-order valence-corrected chi connectivity index (χ3v) is 3.33. The van der Waals surface area contributed by atoms with Crippen LogP contribution < -0.4 is 9.47 Å². The minimum atomic E-state index is 0.0704. The summed E-state index contributed by atoms with van der Waals surface area (Å²) in [7, 11) is 3.07. The van der Waals surface area contributed by atoms with E-state index in [-0.39, 0.29) is 5.92 Å². The molecule has 2 aromatic rings. The number of hydrogen-bond acceptors (Lipinski definition) is 5. The molecule has 0 aliphatic heterocycles. The minimum Gasteiger partial charge on any atom is -0.495 e. The first-order valence-corrected chi connectivity index (χ1v) is 6.68. The van der Waals surface area contributed by atoms with E-state index in [0.29, 0.717) is 33.6 Å². The molecule has 0 spiro atoms. The van der Waals surface area contributed by atoms with Gasteiger partial charge in [0.15, 0.2) is 5.69 Å². The molecule has 0 radical (unpaired) electrons. The van der Waals surface area contributed by atoms with Crippen LogP contribution >= 0.6 is 11.6 Å². The molecule has 1 heterocycles. The maximum atomic E-state index is 9.16. The maximum Gasteiger partial charge on any atom is 0.186 e. The molecule has 0 N–H and O–H groups in total. The van der Waals surface area contributed by atoms with E-state index < -0.39 is 0 Å². The summed E-state index contributed by atoms with van der Waals surface area (Å²) in [6.07, 6.45) is 0. The lowest BCUT2D eigenvalue weighted by atomic mass is 10.1. The van der Waals surface area contributed by atoms with Crippen LogP contribution in [0.5, 0.6) is 11.5 Å². The van der Waals surface area contributed by atoms with Crippen molar-refractivity contribution < 1.29 is 9.47 Å². The standard InChI is InChI=1S/C14H15ClN4O2/c1-8(2)14-10(7-16)17-18-19(14)11-6-12(20-3)9(15)5-13(11)21-4/h5-6,8H,1-4H3. The highest BCUT2D eigenvalue weighted by Crippen LogP contribution is 2.35. The Balaban J connectivity index is 2.72. The Morgan fingerprint density at radius 2 is 1.90 bits per heavy atom. The molecule has 1 aromatic heterocycles. The Kier molecular flexibility index (Phi) is 4.34. The molecule has 0 saturated carbocycles. The molecule has 21 heavy (non-hydrogen) atoms. The predicted octanol–water partition coefficient (Wildman–Crippen LogP) is 2.93. The third kappa shape index (κ3) is 2.65. The SMILES string of the molecule is COc1cc(-n2nnc(C#N)c2C(C)C)c(OC)cc1Cl. The summed E-state index contributed by atoms with van der Waals surface area (Å²) < 4.78 is 12.2. The average molecular weight is 307 g/mol. The molecule has 1 aromatic carbocycles. The Labute approximate surface area is 127 Å². The monoisotopic (exact) mass is 306 g/mol. The Bertz CT molecular complexity index is 704. The fourth-order valence-electron chi connectivity index (χ4n) is 2.07. The van der Waals surface area contributed by atoms with E-state index in [0.717, 1.165) is 0 Å². The van der Waals surface area contributed by atoms with Crippen molar-refractivity contribution in [3.8, 4) is 23.3 Å². The van der Waals surface area contributed by atoms with Gasteiger partial charge in [-0.05, 0) is 5.92 Å². The van der Waals surface area contributed by atoms with E-state index >= 15 is 0 Å². The number of rotatable bonds is 4. The molecule has 0 atom stereocenters. The van der Waals surface area contributed by atoms with Crippen LogP contribution in [0.3, 0.4) is 0 Å². The van der Waals surface area contributed by atoms with Crippen LogP contribution in [0.1, 0.15) is 31.2 Å². The first-order valence-electron chi connectivity index (χ1n) is 6.31. The highest BCUT2D eigenvalue weighted by atomic mass is 35.5.